The van der Waals surface area contributed by atoms with E-state index < -0.39 is 0 Å². The lowest BCUT2D eigenvalue weighted by molar-refractivity contribution is 0.291. The van der Waals surface area contributed by atoms with Crippen molar-refractivity contribution in [1.29, 1.82) is 0 Å². The van der Waals surface area contributed by atoms with E-state index in [1.165, 1.54) is 0 Å². The monoisotopic (exact) mass is 272 g/mol. The van der Waals surface area contributed by atoms with Crippen molar-refractivity contribution in [1.82, 2.24) is 4.98 Å². The molecule has 0 fully saturated rings. The summed E-state index contributed by atoms with van der Waals surface area (Å²) in [4.78, 5) is 4.16. The van der Waals surface area contributed by atoms with Crippen molar-refractivity contribution in [3.05, 3.63) is 53.7 Å². The molecule has 2 rings (SSSR count). The molecule has 20 heavy (non-hydrogen) atoms. The molecule has 5 nitrogen and oxygen atoms in total. The predicted molar refractivity (Wildman–Crippen MR) is 75.6 cm³/mol. The van der Waals surface area contributed by atoms with E-state index in [0.717, 1.165) is 11.3 Å². The third-order valence-corrected chi connectivity index (χ3v) is 2.85. The lowest BCUT2D eigenvalue weighted by Gasteiger charge is -2.09. The first kappa shape index (κ1) is 13.9. The molecular weight excluding hydrogens is 256 g/mol. The molecule has 0 atom stereocenters. The summed E-state index contributed by atoms with van der Waals surface area (Å²) in [5, 5.41) is 12.0. The van der Waals surface area contributed by atoms with Crippen LogP contribution >= 0.6 is 0 Å². The van der Waals surface area contributed by atoms with Gasteiger partial charge in [-0.3, -0.25) is 0 Å². The van der Waals surface area contributed by atoms with Gasteiger partial charge in [0.25, 0.3) is 0 Å². The van der Waals surface area contributed by atoms with E-state index in [1.807, 2.05) is 24.3 Å². The fourth-order valence-corrected chi connectivity index (χ4v) is 1.71. The van der Waals surface area contributed by atoms with Gasteiger partial charge in [-0.1, -0.05) is 17.3 Å². The summed E-state index contributed by atoms with van der Waals surface area (Å²) in [5.74, 6) is 1.24. The number of aromatic nitrogens is 1. The van der Waals surface area contributed by atoms with Crippen molar-refractivity contribution in [2.24, 2.45) is 5.16 Å². The standard InChI is InChI=1S/C15H16N2O3/c1-11(17-18)14-4-3-9-16-15(14)20-10-12-5-7-13(19-2)8-6-12/h3-9,18H,10H2,1-2H3. The first-order valence-corrected chi connectivity index (χ1v) is 6.14. The molecule has 0 aliphatic rings. The first-order chi connectivity index (χ1) is 9.74. The van der Waals surface area contributed by atoms with Crippen LogP contribution in [0.3, 0.4) is 0 Å². The second-order valence-corrected chi connectivity index (χ2v) is 4.18. The van der Waals surface area contributed by atoms with Gasteiger partial charge in [-0.15, -0.1) is 0 Å². The second-order valence-electron chi connectivity index (χ2n) is 4.18. The molecule has 1 aromatic carbocycles. The number of nitrogens with zero attached hydrogens (tertiary/aromatic N) is 2. The molecule has 1 N–H and O–H groups in total. The molecule has 0 aliphatic heterocycles. The number of benzene rings is 1. The molecule has 0 amide bonds. The SMILES string of the molecule is COc1ccc(COc2ncccc2C(C)=NO)cc1. The highest BCUT2D eigenvalue weighted by atomic mass is 16.5. The van der Waals surface area contributed by atoms with Crippen molar-refractivity contribution < 1.29 is 14.7 Å². The molecule has 5 heteroatoms. The van der Waals surface area contributed by atoms with Crippen LogP contribution < -0.4 is 9.47 Å². The van der Waals surface area contributed by atoms with Gasteiger partial charge in [0, 0.05) is 6.20 Å². The van der Waals surface area contributed by atoms with Crippen LogP contribution in [0.15, 0.2) is 47.8 Å². The minimum atomic E-state index is 0.382. The molecule has 1 aromatic heterocycles. The highest BCUT2D eigenvalue weighted by molar-refractivity contribution is 6.00. The lowest BCUT2D eigenvalue weighted by atomic mass is 10.2. The largest absolute Gasteiger partial charge is 0.497 e. The molecule has 0 radical (unpaired) electrons. The Bertz CT molecular complexity index is 594. The van der Waals surface area contributed by atoms with Gasteiger partial charge in [0.1, 0.15) is 12.4 Å². The number of pyridine rings is 1. The Hall–Kier alpha value is -2.56. The van der Waals surface area contributed by atoms with Gasteiger partial charge in [-0.05, 0) is 36.8 Å². The summed E-state index contributed by atoms with van der Waals surface area (Å²) in [5.41, 5.74) is 2.13. The quantitative estimate of drug-likeness (QED) is 0.516. The fourth-order valence-electron chi connectivity index (χ4n) is 1.71. The summed E-state index contributed by atoms with van der Waals surface area (Å²) >= 11 is 0. The molecule has 0 saturated heterocycles. The maximum atomic E-state index is 8.85. The summed E-state index contributed by atoms with van der Waals surface area (Å²) in [6, 6.07) is 11.2. The zero-order valence-corrected chi connectivity index (χ0v) is 11.4. The zero-order valence-electron chi connectivity index (χ0n) is 11.4. The van der Waals surface area contributed by atoms with Crippen LogP contribution in [0.1, 0.15) is 18.1 Å². The highest BCUT2D eigenvalue weighted by Crippen LogP contribution is 2.18. The minimum Gasteiger partial charge on any atom is -0.497 e. The van der Waals surface area contributed by atoms with E-state index in [0.29, 0.717) is 23.8 Å². The van der Waals surface area contributed by atoms with Crippen LogP contribution in [0.25, 0.3) is 0 Å². The topological polar surface area (TPSA) is 63.9 Å². The van der Waals surface area contributed by atoms with Crippen molar-refractivity contribution >= 4 is 5.71 Å². The molecule has 0 saturated carbocycles. The van der Waals surface area contributed by atoms with E-state index in [4.69, 9.17) is 14.7 Å². The normalized spacial score (nSPS) is 11.2. The fraction of sp³-hybridized carbons (Fsp3) is 0.200. The maximum absolute atomic E-state index is 8.85. The van der Waals surface area contributed by atoms with E-state index in [9.17, 15) is 0 Å². The van der Waals surface area contributed by atoms with Crippen molar-refractivity contribution in [3.63, 3.8) is 0 Å². The van der Waals surface area contributed by atoms with Crippen LogP contribution in [-0.4, -0.2) is 23.0 Å². The maximum Gasteiger partial charge on any atom is 0.223 e. The third kappa shape index (κ3) is 3.26. The average Bonchev–Trinajstić information content (AvgIpc) is 2.53. The molecule has 0 bridgehead atoms. The second kappa shape index (κ2) is 6.56. The van der Waals surface area contributed by atoms with Crippen LogP contribution in [0.5, 0.6) is 11.6 Å². The molecular formula is C15H16N2O3. The minimum absolute atomic E-state index is 0.382. The van der Waals surface area contributed by atoms with E-state index in [1.54, 1.807) is 32.4 Å². The Kier molecular flexibility index (Phi) is 4.55. The molecule has 1 heterocycles. The van der Waals surface area contributed by atoms with E-state index in [-0.39, 0.29) is 0 Å². The smallest absolute Gasteiger partial charge is 0.223 e. The number of methoxy groups -OCH3 is 1. The predicted octanol–water partition coefficient (Wildman–Crippen LogP) is 2.87. The van der Waals surface area contributed by atoms with Gasteiger partial charge in [0.05, 0.1) is 18.4 Å². The molecule has 104 valence electrons. The van der Waals surface area contributed by atoms with E-state index >= 15 is 0 Å². The van der Waals surface area contributed by atoms with Crippen molar-refractivity contribution in [3.8, 4) is 11.6 Å². The number of ether oxygens (including phenoxy) is 2. The van der Waals surface area contributed by atoms with Crippen LogP contribution in [0.4, 0.5) is 0 Å². The Labute approximate surface area is 117 Å². The van der Waals surface area contributed by atoms with Crippen LogP contribution in [0.2, 0.25) is 0 Å². The zero-order chi connectivity index (χ0) is 14.4. The summed E-state index contributed by atoms with van der Waals surface area (Å²) in [6.45, 7) is 2.07. The van der Waals surface area contributed by atoms with Crippen LogP contribution in [0, 0.1) is 0 Å². The first-order valence-electron chi connectivity index (χ1n) is 6.14. The molecule has 0 unspecified atom stereocenters. The number of hydrogen-bond donors (Lipinski definition) is 1. The highest BCUT2D eigenvalue weighted by Gasteiger charge is 2.08. The number of hydrogen-bond acceptors (Lipinski definition) is 5. The molecule has 2 aromatic rings. The van der Waals surface area contributed by atoms with Crippen molar-refractivity contribution in [2.45, 2.75) is 13.5 Å². The molecule has 0 aliphatic carbocycles. The van der Waals surface area contributed by atoms with E-state index in [2.05, 4.69) is 10.1 Å². The Morgan fingerprint density at radius 2 is 2.00 bits per heavy atom. The third-order valence-electron chi connectivity index (χ3n) is 2.85. The lowest BCUT2D eigenvalue weighted by Crippen LogP contribution is -2.04. The number of rotatable bonds is 5. The van der Waals surface area contributed by atoms with Crippen LogP contribution in [-0.2, 0) is 6.61 Å². The van der Waals surface area contributed by atoms with Gasteiger partial charge in [0.15, 0.2) is 0 Å². The van der Waals surface area contributed by atoms with Crippen molar-refractivity contribution in [2.75, 3.05) is 7.11 Å². The Balaban J connectivity index is 2.10. The summed E-state index contributed by atoms with van der Waals surface area (Å²) < 4.78 is 10.8. The van der Waals surface area contributed by atoms with Gasteiger partial charge in [-0.25, -0.2) is 4.98 Å². The van der Waals surface area contributed by atoms with Gasteiger partial charge >= 0.3 is 0 Å². The van der Waals surface area contributed by atoms with Gasteiger partial charge < -0.3 is 14.7 Å². The average molecular weight is 272 g/mol. The summed E-state index contributed by atoms with van der Waals surface area (Å²) in [7, 11) is 1.63. The number of oxime groups is 1. The summed E-state index contributed by atoms with van der Waals surface area (Å²) in [6.07, 6.45) is 1.64. The Morgan fingerprint density at radius 1 is 1.25 bits per heavy atom. The van der Waals surface area contributed by atoms with Gasteiger partial charge in [-0.2, -0.15) is 0 Å². The Morgan fingerprint density at radius 3 is 2.65 bits per heavy atom. The van der Waals surface area contributed by atoms with Gasteiger partial charge in [0.2, 0.25) is 5.88 Å². The molecule has 0 spiro atoms.